The Morgan fingerprint density at radius 3 is 2.59 bits per heavy atom. The standard InChI is InChI=1S/C14H22N2S/c1-9(13-10(2)16-11(3)17-13)15-8-14(6-7-14)12-4-5-12/h9,12,15H,4-8H2,1-3H3. The Kier molecular flexibility index (Phi) is 2.79. The highest BCUT2D eigenvalue weighted by atomic mass is 32.1. The van der Waals surface area contributed by atoms with Gasteiger partial charge in [0.1, 0.15) is 0 Å². The molecule has 1 N–H and O–H groups in total. The van der Waals surface area contributed by atoms with Gasteiger partial charge in [0.2, 0.25) is 0 Å². The zero-order chi connectivity index (χ0) is 12.0. The van der Waals surface area contributed by atoms with Gasteiger partial charge in [-0.2, -0.15) is 0 Å². The van der Waals surface area contributed by atoms with Crippen LogP contribution in [0.4, 0.5) is 0 Å². The number of rotatable bonds is 5. The summed E-state index contributed by atoms with van der Waals surface area (Å²) in [5.74, 6) is 1.05. The highest BCUT2D eigenvalue weighted by Crippen LogP contribution is 2.61. The summed E-state index contributed by atoms with van der Waals surface area (Å²) in [6.45, 7) is 7.73. The Hall–Kier alpha value is -0.410. The van der Waals surface area contributed by atoms with Crippen LogP contribution >= 0.6 is 11.3 Å². The second-order valence-corrected chi connectivity index (χ2v) is 7.16. The third-order valence-corrected chi connectivity index (χ3v) is 5.68. The first-order valence-corrected chi connectivity index (χ1v) is 7.60. The summed E-state index contributed by atoms with van der Waals surface area (Å²) in [7, 11) is 0. The molecular formula is C14H22N2S. The smallest absolute Gasteiger partial charge is 0.0900 e. The molecule has 1 aromatic heterocycles. The number of aromatic nitrogens is 1. The summed E-state index contributed by atoms with van der Waals surface area (Å²) in [5.41, 5.74) is 1.91. The van der Waals surface area contributed by atoms with Crippen molar-refractivity contribution in [3.63, 3.8) is 0 Å². The topological polar surface area (TPSA) is 24.9 Å². The third-order valence-electron chi connectivity index (χ3n) is 4.43. The molecule has 0 radical (unpaired) electrons. The van der Waals surface area contributed by atoms with Gasteiger partial charge in [-0.25, -0.2) is 4.98 Å². The SMILES string of the molecule is Cc1nc(C)c(C(C)NCC2(C3CC3)CC2)s1. The summed E-state index contributed by atoms with van der Waals surface area (Å²) in [5, 5.41) is 4.94. The average Bonchev–Trinajstić information content (AvgIpc) is 3.13. The van der Waals surface area contributed by atoms with Crippen molar-refractivity contribution in [2.45, 2.75) is 52.5 Å². The molecule has 1 atom stereocenters. The second kappa shape index (κ2) is 4.06. The summed E-state index contributed by atoms with van der Waals surface area (Å²) in [6, 6.07) is 0.470. The van der Waals surface area contributed by atoms with E-state index in [1.165, 1.54) is 47.8 Å². The lowest BCUT2D eigenvalue weighted by atomic mass is 10.0. The molecule has 2 saturated carbocycles. The molecule has 3 rings (SSSR count). The quantitative estimate of drug-likeness (QED) is 0.863. The van der Waals surface area contributed by atoms with Gasteiger partial charge < -0.3 is 5.32 Å². The highest BCUT2D eigenvalue weighted by molar-refractivity contribution is 7.11. The van der Waals surface area contributed by atoms with Crippen molar-refractivity contribution in [1.29, 1.82) is 0 Å². The predicted molar refractivity (Wildman–Crippen MR) is 72.4 cm³/mol. The van der Waals surface area contributed by atoms with Gasteiger partial charge in [-0.1, -0.05) is 0 Å². The third kappa shape index (κ3) is 2.27. The molecule has 1 unspecified atom stereocenters. The Morgan fingerprint density at radius 1 is 1.41 bits per heavy atom. The van der Waals surface area contributed by atoms with Crippen LogP contribution in [0.3, 0.4) is 0 Å². The minimum absolute atomic E-state index is 0.470. The van der Waals surface area contributed by atoms with Crippen LogP contribution in [0, 0.1) is 25.2 Å². The number of nitrogens with one attached hydrogen (secondary N) is 1. The summed E-state index contributed by atoms with van der Waals surface area (Å²) in [4.78, 5) is 5.94. The van der Waals surface area contributed by atoms with E-state index in [9.17, 15) is 0 Å². The van der Waals surface area contributed by atoms with Crippen molar-refractivity contribution in [3.8, 4) is 0 Å². The average molecular weight is 250 g/mol. The van der Waals surface area contributed by atoms with E-state index in [1.54, 1.807) is 0 Å². The minimum atomic E-state index is 0.470. The van der Waals surface area contributed by atoms with Crippen molar-refractivity contribution in [3.05, 3.63) is 15.6 Å². The lowest BCUT2D eigenvalue weighted by molar-refractivity contribution is 0.383. The number of aryl methyl sites for hydroxylation is 2. The lowest BCUT2D eigenvalue weighted by Crippen LogP contribution is -2.27. The molecule has 0 amide bonds. The molecular weight excluding hydrogens is 228 g/mol. The Balaban J connectivity index is 1.60. The van der Waals surface area contributed by atoms with E-state index in [2.05, 4.69) is 31.1 Å². The van der Waals surface area contributed by atoms with Crippen molar-refractivity contribution in [1.82, 2.24) is 10.3 Å². The Labute approximate surface area is 108 Å². The van der Waals surface area contributed by atoms with E-state index in [0.29, 0.717) is 11.5 Å². The van der Waals surface area contributed by atoms with E-state index in [0.717, 1.165) is 5.92 Å². The molecule has 3 heteroatoms. The first kappa shape index (κ1) is 11.7. The molecule has 0 bridgehead atoms. The van der Waals surface area contributed by atoms with Crippen molar-refractivity contribution < 1.29 is 0 Å². The van der Waals surface area contributed by atoms with Crippen LogP contribution in [-0.4, -0.2) is 11.5 Å². The van der Waals surface area contributed by atoms with Gasteiger partial charge in [-0.3, -0.25) is 0 Å². The van der Waals surface area contributed by atoms with Crippen molar-refractivity contribution in [2.75, 3.05) is 6.54 Å². The van der Waals surface area contributed by atoms with E-state index in [4.69, 9.17) is 0 Å². The van der Waals surface area contributed by atoms with Crippen LogP contribution in [0.25, 0.3) is 0 Å². The van der Waals surface area contributed by atoms with Crippen molar-refractivity contribution in [2.24, 2.45) is 11.3 Å². The van der Waals surface area contributed by atoms with Gasteiger partial charge >= 0.3 is 0 Å². The van der Waals surface area contributed by atoms with Gasteiger partial charge in [0, 0.05) is 17.5 Å². The minimum Gasteiger partial charge on any atom is -0.309 e. The normalized spacial score (nSPS) is 23.7. The van der Waals surface area contributed by atoms with E-state index in [-0.39, 0.29) is 0 Å². The molecule has 17 heavy (non-hydrogen) atoms. The van der Waals surface area contributed by atoms with E-state index >= 15 is 0 Å². The monoisotopic (exact) mass is 250 g/mol. The molecule has 2 aliphatic carbocycles. The zero-order valence-electron chi connectivity index (χ0n) is 11.0. The van der Waals surface area contributed by atoms with Crippen LogP contribution in [0.1, 0.15) is 54.2 Å². The Bertz CT molecular complexity index is 416. The molecule has 94 valence electrons. The molecule has 2 aliphatic rings. The van der Waals surface area contributed by atoms with Gasteiger partial charge in [0.05, 0.1) is 10.7 Å². The summed E-state index contributed by atoms with van der Waals surface area (Å²) in [6.07, 6.45) is 5.87. The lowest BCUT2D eigenvalue weighted by Gasteiger charge is -2.19. The van der Waals surface area contributed by atoms with Crippen LogP contribution in [0.5, 0.6) is 0 Å². The van der Waals surface area contributed by atoms with Crippen LogP contribution in [0.15, 0.2) is 0 Å². The number of hydrogen-bond acceptors (Lipinski definition) is 3. The molecule has 0 aromatic carbocycles. The molecule has 2 fully saturated rings. The fourth-order valence-corrected chi connectivity index (χ4v) is 3.94. The van der Waals surface area contributed by atoms with Gasteiger partial charge in [-0.15, -0.1) is 11.3 Å². The zero-order valence-corrected chi connectivity index (χ0v) is 11.9. The largest absolute Gasteiger partial charge is 0.309 e. The Morgan fingerprint density at radius 2 is 2.12 bits per heavy atom. The highest BCUT2D eigenvalue weighted by Gasteiger charge is 2.53. The van der Waals surface area contributed by atoms with Crippen LogP contribution in [0.2, 0.25) is 0 Å². The molecule has 0 saturated heterocycles. The van der Waals surface area contributed by atoms with Gasteiger partial charge in [-0.05, 0) is 57.8 Å². The number of nitrogens with zero attached hydrogens (tertiary/aromatic N) is 1. The fourth-order valence-electron chi connectivity index (χ4n) is 2.98. The molecule has 0 aliphatic heterocycles. The van der Waals surface area contributed by atoms with Gasteiger partial charge in [0.25, 0.3) is 0 Å². The molecule has 1 heterocycles. The van der Waals surface area contributed by atoms with Crippen molar-refractivity contribution >= 4 is 11.3 Å². The maximum Gasteiger partial charge on any atom is 0.0900 e. The second-order valence-electron chi connectivity index (χ2n) is 5.92. The van der Waals surface area contributed by atoms with E-state index < -0.39 is 0 Å². The maximum atomic E-state index is 4.52. The van der Waals surface area contributed by atoms with Crippen LogP contribution in [-0.2, 0) is 0 Å². The number of thiazole rings is 1. The first-order valence-electron chi connectivity index (χ1n) is 6.78. The first-order chi connectivity index (χ1) is 8.11. The maximum absolute atomic E-state index is 4.52. The molecule has 0 spiro atoms. The van der Waals surface area contributed by atoms with E-state index in [1.807, 2.05) is 11.3 Å². The fraction of sp³-hybridized carbons (Fsp3) is 0.786. The summed E-state index contributed by atoms with van der Waals surface area (Å²) < 4.78 is 0. The molecule has 2 nitrogen and oxygen atoms in total. The number of hydrogen-bond donors (Lipinski definition) is 1. The van der Waals surface area contributed by atoms with Crippen LogP contribution < -0.4 is 5.32 Å². The van der Waals surface area contributed by atoms with Gasteiger partial charge in [0.15, 0.2) is 0 Å². The summed E-state index contributed by atoms with van der Waals surface area (Å²) >= 11 is 1.84. The molecule has 1 aromatic rings. The predicted octanol–water partition coefficient (Wildman–Crippen LogP) is 3.60.